The molecule has 0 radical (unpaired) electrons. The van der Waals surface area contributed by atoms with E-state index in [9.17, 15) is 9.59 Å². The van der Waals surface area contributed by atoms with Crippen molar-refractivity contribution in [3.63, 3.8) is 0 Å². The van der Waals surface area contributed by atoms with Crippen LogP contribution in [0.5, 0.6) is 0 Å². The van der Waals surface area contributed by atoms with E-state index < -0.39 is 5.60 Å². The summed E-state index contributed by atoms with van der Waals surface area (Å²) in [4.78, 5) is 28.7. The zero-order valence-corrected chi connectivity index (χ0v) is 24.2. The molecular weight excluding hydrogens is 520 g/mol. The van der Waals surface area contributed by atoms with E-state index in [4.69, 9.17) is 19.7 Å². The topological polar surface area (TPSA) is 115 Å². The Morgan fingerprint density at radius 1 is 0.743 bits per heavy atom. The fourth-order valence-corrected chi connectivity index (χ4v) is 3.43. The number of piperazine rings is 2. The Labute approximate surface area is 220 Å². The van der Waals surface area contributed by atoms with Crippen LogP contribution in [-0.4, -0.2) is 139 Å². The third kappa shape index (κ3) is 21.0. The Balaban J connectivity index is 0.000000543. The maximum absolute atomic E-state index is 11.6. The van der Waals surface area contributed by atoms with Crippen molar-refractivity contribution in [3.05, 3.63) is 0 Å². The van der Waals surface area contributed by atoms with E-state index in [0.29, 0.717) is 13.2 Å². The smallest absolute Gasteiger partial charge is 0.320 e. The van der Waals surface area contributed by atoms with Gasteiger partial charge in [-0.3, -0.25) is 24.3 Å². The molecule has 0 atom stereocenters. The van der Waals surface area contributed by atoms with Crippen LogP contribution in [0.15, 0.2) is 0 Å². The molecule has 0 saturated carbocycles. The Hall–Kier alpha value is -0.820. The molecule has 2 aliphatic rings. The zero-order chi connectivity index (χ0) is 26.9. The number of carbonyl (C=O) groups excluding carboxylic acids is 2. The van der Waals surface area contributed by atoms with Gasteiger partial charge in [-0.2, -0.15) is 0 Å². The van der Waals surface area contributed by atoms with Crippen LogP contribution in [0.4, 0.5) is 0 Å². The normalized spacial score (nSPS) is 18.0. The number of nitrogens with zero attached hydrogens (tertiary/aromatic N) is 3. The molecule has 0 aliphatic carbocycles. The quantitative estimate of drug-likeness (QED) is 0.297. The van der Waals surface area contributed by atoms with Gasteiger partial charge in [0, 0.05) is 65.4 Å². The molecule has 2 saturated heterocycles. The van der Waals surface area contributed by atoms with Crippen LogP contribution in [0.1, 0.15) is 41.5 Å². The van der Waals surface area contributed by atoms with Crippen LogP contribution in [0.2, 0.25) is 0 Å². The zero-order valence-electron chi connectivity index (χ0n) is 22.6. The molecule has 35 heavy (non-hydrogen) atoms. The van der Waals surface area contributed by atoms with Gasteiger partial charge in [0.05, 0.1) is 19.8 Å². The van der Waals surface area contributed by atoms with Crippen molar-refractivity contribution in [2.24, 2.45) is 0 Å². The molecule has 0 aromatic rings. The number of alkyl halides is 1. The first kappa shape index (κ1) is 34.2. The molecule has 0 aromatic heterocycles. The third-order valence-electron chi connectivity index (χ3n) is 4.81. The van der Waals surface area contributed by atoms with E-state index in [0.717, 1.165) is 65.4 Å². The highest BCUT2D eigenvalue weighted by atomic mass is 79.9. The molecule has 11 heteroatoms. The van der Waals surface area contributed by atoms with Crippen LogP contribution in [-0.2, 0) is 19.1 Å². The third-order valence-corrected chi connectivity index (χ3v) is 5.27. The second-order valence-electron chi connectivity index (χ2n) is 10.5. The predicted octanol–water partition coefficient (Wildman–Crippen LogP) is 0.545. The number of carbonyl (C=O) groups is 2. The van der Waals surface area contributed by atoms with Crippen LogP contribution >= 0.6 is 15.9 Å². The highest BCUT2D eigenvalue weighted by molar-refractivity contribution is 9.09. The summed E-state index contributed by atoms with van der Waals surface area (Å²) >= 11 is 2.99. The van der Waals surface area contributed by atoms with Crippen LogP contribution in [0, 0.1) is 0 Å². The highest BCUT2D eigenvalue weighted by Crippen LogP contribution is 2.09. The summed E-state index contributed by atoms with van der Waals surface area (Å²) in [5.74, 6) is -0.379. The largest absolute Gasteiger partial charge is 0.459 e. The first-order chi connectivity index (χ1) is 16.3. The lowest BCUT2D eigenvalue weighted by atomic mass is 10.2. The second kappa shape index (κ2) is 18.4. The van der Waals surface area contributed by atoms with Gasteiger partial charge in [-0.15, -0.1) is 0 Å². The molecule has 3 N–H and O–H groups in total. The van der Waals surface area contributed by atoms with Gasteiger partial charge < -0.3 is 25.0 Å². The molecule has 0 amide bonds. The lowest BCUT2D eigenvalue weighted by Crippen LogP contribution is -2.49. The van der Waals surface area contributed by atoms with Crippen molar-refractivity contribution < 1.29 is 29.3 Å². The number of esters is 2. The average Bonchev–Trinajstić information content (AvgIpc) is 2.75. The number of nitrogens with one attached hydrogen (secondary N) is 1. The van der Waals surface area contributed by atoms with Gasteiger partial charge in [-0.25, -0.2) is 0 Å². The SMILES string of the molecule is CC(C)(C)OC(=O)CBr.CC(C)(C)OC(=O)CN1CCN(CCO)CC1.OCCN1CCNCC1. The lowest BCUT2D eigenvalue weighted by Gasteiger charge is -2.34. The molecule has 10 nitrogen and oxygen atoms in total. The highest BCUT2D eigenvalue weighted by Gasteiger charge is 2.22. The number of halogens is 1. The van der Waals surface area contributed by atoms with Crippen molar-refractivity contribution >= 4 is 27.9 Å². The number of rotatable bonds is 7. The molecule has 2 heterocycles. The Morgan fingerprint density at radius 2 is 1.14 bits per heavy atom. The maximum atomic E-state index is 11.6. The Morgan fingerprint density at radius 3 is 1.51 bits per heavy atom. The Bertz CT molecular complexity index is 567. The Kier molecular flexibility index (Phi) is 18.0. The molecule has 0 aromatic carbocycles. The summed E-state index contributed by atoms with van der Waals surface area (Å²) in [6, 6.07) is 0. The number of aliphatic hydroxyl groups excluding tert-OH is 2. The fraction of sp³-hybridized carbons (Fsp3) is 0.917. The van der Waals surface area contributed by atoms with E-state index in [-0.39, 0.29) is 29.5 Å². The molecule has 0 spiro atoms. The molecule has 2 rings (SSSR count). The van der Waals surface area contributed by atoms with Gasteiger partial charge in [0.2, 0.25) is 0 Å². The number of hydrogen-bond acceptors (Lipinski definition) is 10. The summed E-state index contributed by atoms with van der Waals surface area (Å²) < 4.78 is 10.2. The number of β-amino-alcohol motifs (C(OH)–C–C–N with tert-alkyl or cyclic N) is 2. The minimum atomic E-state index is -0.407. The van der Waals surface area contributed by atoms with Gasteiger partial charge in [0.1, 0.15) is 16.5 Å². The van der Waals surface area contributed by atoms with Gasteiger partial charge >= 0.3 is 11.9 Å². The van der Waals surface area contributed by atoms with Crippen LogP contribution in [0.25, 0.3) is 0 Å². The first-order valence-corrected chi connectivity index (χ1v) is 13.5. The van der Waals surface area contributed by atoms with E-state index in [2.05, 4.69) is 35.9 Å². The van der Waals surface area contributed by atoms with Gasteiger partial charge in [0.15, 0.2) is 0 Å². The van der Waals surface area contributed by atoms with Crippen LogP contribution in [0.3, 0.4) is 0 Å². The van der Waals surface area contributed by atoms with Gasteiger partial charge in [0.25, 0.3) is 0 Å². The molecule has 2 fully saturated rings. The van der Waals surface area contributed by atoms with E-state index in [1.54, 1.807) is 0 Å². The van der Waals surface area contributed by atoms with Crippen molar-refractivity contribution in [3.8, 4) is 0 Å². The first-order valence-electron chi connectivity index (χ1n) is 12.4. The van der Waals surface area contributed by atoms with Crippen molar-refractivity contribution in [1.82, 2.24) is 20.0 Å². The minimum Gasteiger partial charge on any atom is -0.459 e. The number of aliphatic hydroxyl groups is 2. The predicted molar refractivity (Wildman–Crippen MR) is 142 cm³/mol. The monoisotopic (exact) mass is 568 g/mol. The fourth-order valence-electron chi connectivity index (χ4n) is 3.31. The van der Waals surface area contributed by atoms with Gasteiger partial charge in [-0.05, 0) is 41.5 Å². The summed E-state index contributed by atoms with van der Waals surface area (Å²) in [5.41, 5.74) is -0.763. The standard InChI is InChI=1S/C12H24N2O3.C6H11BrO2.C6H14N2O/c1-12(2,3)17-11(16)10-14-6-4-13(5-7-14)8-9-15;1-6(2,3)9-5(8)4-7;9-6-5-8-3-1-7-2-4-8/h15H,4-10H2,1-3H3;4H2,1-3H3;7,9H,1-6H2. The summed E-state index contributed by atoms with van der Waals surface area (Å²) in [7, 11) is 0. The number of ether oxygens (including phenoxy) is 2. The molecule has 208 valence electrons. The molecule has 0 bridgehead atoms. The molecule has 0 unspecified atom stereocenters. The summed E-state index contributed by atoms with van der Waals surface area (Å²) in [5, 5.41) is 20.9. The van der Waals surface area contributed by atoms with Crippen LogP contribution < -0.4 is 5.32 Å². The van der Waals surface area contributed by atoms with Crippen molar-refractivity contribution in [2.45, 2.75) is 52.7 Å². The van der Waals surface area contributed by atoms with E-state index in [1.807, 2.05) is 41.5 Å². The van der Waals surface area contributed by atoms with E-state index >= 15 is 0 Å². The minimum absolute atomic E-state index is 0.159. The molecule has 2 aliphatic heterocycles. The summed E-state index contributed by atoms with van der Waals surface area (Å²) in [6.45, 7) is 21.4. The van der Waals surface area contributed by atoms with Gasteiger partial charge in [-0.1, -0.05) is 15.9 Å². The molecular formula is C24H49BrN4O6. The van der Waals surface area contributed by atoms with Crippen molar-refractivity contribution in [2.75, 3.05) is 90.5 Å². The second-order valence-corrected chi connectivity index (χ2v) is 11.0. The maximum Gasteiger partial charge on any atom is 0.320 e. The van der Waals surface area contributed by atoms with Crippen molar-refractivity contribution in [1.29, 1.82) is 0 Å². The lowest BCUT2D eigenvalue weighted by molar-refractivity contribution is -0.156. The van der Waals surface area contributed by atoms with E-state index in [1.165, 1.54) is 0 Å². The summed E-state index contributed by atoms with van der Waals surface area (Å²) in [6.07, 6.45) is 0. The average molecular weight is 570 g/mol. The number of hydrogen-bond donors (Lipinski definition) is 3.